The summed E-state index contributed by atoms with van der Waals surface area (Å²) in [4.78, 5) is 14.4. The molecule has 1 aliphatic heterocycles. The average molecular weight is 314 g/mol. The molecule has 1 amide bonds. The highest BCUT2D eigenvalue weighted by Crippen LogP contribution is 2.27. The highest BCUT2D eigenvalue weighted by molar-refractivity contribution is 5.85. The topological polar surface area (TPSA) is 44.4 Å². The average Bonchev–Trinajstić information content (AvgIpc) is 2.35. The third kappa shape index (κ3) is 6.80. The van der Waals surface area contributed by atoms with E-state index in [1.54, 1.807) is 0 Å². The third-order valence-corrected chi connectivity index (χ3v) is 3.86. The summed E-state index contributed by atoms with van der Waals surface area (Å²) in [7, 11) is 0. The van der Waals surface area contributed by atoms with Gasteiger partial charge in [0, 0.05) is 18.5 Å². The van der Waals surface area contributed by atoms with E-state index in [1.165, 1.54) is 0 Å². The maximum absolute atomic E-state index is 12.1. The largest absolute Gasteiger partial charge is 0.354 e. The molecule has 0 unspecified atom stereocenters. The van der Waals surface area contributed by atoms with Gasteiger partial charge in [0.25, 0.3) is 0 Å². The van der Waals surface area contributed by atoms with Gasteiger partial charge in [-0.25, -0.2) is 0 Å². The van der Waals surface area contributed by atoms with Crippen LogP contribution in [0.15, 0.2) is 0 Å². The van der Waals surface area contributed by atoms with Gasteiger partial charge in [0.15, 0.2) is 0 Å². The lowest BCUT2D eigenvalue weighted by Gasteiger charge is -2.32. The molecule has 6 heteroatoms. The Labute approximate surface area is 129 Å². The van der Waals surface area contributed by atoms with E-state index in [0.717, 1.165) is 52.1 Å². The van der Waals surface area contributed by atoms with Crippen LogP contribution in [-0.2, 0) is 4.79 Å². The highest BCUT2D eigenvalue weighted by Gasteiger charge is 2.34. The maximum atomic E-state index is 12.1. The van der Waals surface area contributed by atoms with E-state index in [1.807, 2.05) is 0 Å². The van der Waals surface area contributed by atoms with Gasteiger partial charge < -0.3 is 15.5 Å². The molecule has 1 saturated heterocycles. The molecule has 1 fully saturated rings. The van der Waals surface area contributed by atoms with Crippen molar-refractivity contribution in [3.63, 3.8) is 0 Å². The van der Waals surface area contributed by atoms with Gasteiger partial charge in [-0.3, -0.25) is 4.79 Å². The Kier molecular flexibility index (Phi) is 12.0. The van der Waals surface area contributed by atoms with Crippen LogP contribution >= 0.6 is 24.8 Å². The lowest BCUT2D eigenvalue weighted by Crippen LogP contribution is -2.47. The zero-order chi connectivity index (χ0) is 12.7. The Morgan fingerprint density at radius 3 is 2.21 bits per heavy atom. The molecule has 0 bridgehead atoms. The van der Waals surface area contributed by atoms with Crippen LogP contribution in [0.3, 0.4) is 0 Å². The quantitative estimate of drug-likeness (QED) is 0.784. The van der Waals surface area contributed by atoms with Crippen LogP contribution in [0.2, 0.25) is 0 Å². The molecule has 0 saturated carbocycles. The molecule has 1 aliphatic rings. The molecule has 1 rings (SSSR count). The minimum absolute atomic E-state index is 0. The lowest BCUT2D eigenvalue weighted by atomic mass is 9.80. The van der Waals surface area contributed by atoms with E-state index in [9.17, 15) is 4.79 Å². The molecular formula is C13H29Cl2N3O. The predicted molar refractivity (Wildman–Crippen MR) is 85.5 cm³/mol. The number of nitrogens with zero attached hydrogens (tertiary/aromatic N) is 1. The van der Waals surface area contributed by atoms with Crippen molar-refractivity contribution in [3.05, 3.63) is 0 Å². The fourth-order valence-electron chi connectivity index (χ4n) is 2.29. The van der Waals surface area contributed by atoms with E-state index in [-0.39, 0.29) is 36.1 Å². The van der Waals surface area contributed by atoms with Crippen molar-refractivity contribution in [1.82, 2.24) is 15.5 Å². The number of halogens is 2. The first-order valence-corrected chi connectivity index (χ1v) is 6.83. The molecule has 4 nitrogen and oxygen atoms in total. The maximum Gasteiger partial charge on any atom is 0.226 e. The standard InChI is InChI=1S/C13H27N3O.2ClH/c1-4-16(5-2)11-10-15-12(17)13(3)6-8-14-9-7-13;;/h14H,4-11H2,1-3H3,(H,15,17);2*1H. The lowest BCUT2D eigenvalue weighted by molar-refractivity contribution is -0.131. The van der Waals surface area contributed by atoms with Crippen LogP contribution < -0.4 is 10.6 Å². The first-order chi connectivity index (χ1) is 8.12. The molecule has 1 heterocycles. The van der Waals surface area contributed by atoms with Gasteiger partial charge in [0.1, 0.15) is 0 Å². The number of rotatable bonds is 6. The van der Waals surface area contributed by atoms with Crippen LogP contribution in [-0.4, -0.2) is 50.1 Å². The zero-order valence-electron chi connectivity index (χ0n) is 12.3. The molecule has 116 valence electrons. The van der Waals surface area contributed by atoms with Crippen molar-refractivity contribution in [2.75, 3.05) is 39.3 Å². The molecule has 0 aromatic carbocycles. The second-order valence-corrected chi connectivity index (χ2v) is 5.09. The van der Waals surface area contributed by atoms with E-state index in [4.69, 9.17) is 0 Å². The molecule has 2 N–H and O–H groups in total. The van der Waals surface area contributed by atoms with Crippen LogP contribution in [0.4, 0.5) is 0 Å². The fourth-order valence-corrected chi connectivity index (χ4v) is 2.29. The third-order valence-electron chi connectivity index (χ3n) is 3.86. The number of likely N-dealkylation sites (N-methyl/N-ethyl adjacent to an activating group) is 1. The van der Waals surface area contributed by atoms with Crippen molar-refractivity contribution in [1.29, 1.82) is 0 Å². The summed E-state index contributed by atoms with van der Waals surface area (Å²) < 4.78 is 0. The van der Waals surface area contributed by atoms with Crippen LogP contribution in [0.5, 0.6) is 0 Å². The van der Waals surface area contributed by atoms with Gasteiger partial charge >= 0.3 is 0 Å². The summed E-state index contributed by atoms with van der Waals surface area (Å²) in [5, 5.41) is 6.38. The first-order valence-electron chi connectivity index (χ1n) is 6.83. The summed E-state index contributed by atoms with van der Waals surface area (Å²) in [6.07, 6.45) is 1.90. The summed E-state index contributed by atoms with van der Waals surface area (Å²) in [6, 6.07) is 0. The second kappa shape index (κ2) is 10.7. The summed E-state index contributed by atoms with van der Waals surface area (Å²) in [6.45, 7) is 12.1. The van der Waals surface area contributed by atoms with Crippen LogP contribution in [0.25, 0.3) is 0 Å². The normalized spacial score (nSPS) is 17.3. The summed E-state index contributed by atoms with van der Waals surface area (Å²) in [5.74, 6) is 0.228. The molecule has 0 aliphatic carbocycles. The monoisotopic (exact) mass is 313 g/mol. The van der Waals surface area contributed by atoms with Gasteiger partial charge in [-0.2, -0.15) is 0 Å². The minimum atomic E-state index is -0.158. The fraction of sp³-hybridized carbons (Fsp3) is 0.923. The van der Waals surface area contributed by atoms with Crippen molar-refractivity contribution >= 4 is 30.7 Å². The molecular weight excluding hydrogens is 285 g/mol. The van der Waals surface area contributed by atoms with Crippen molar-refractivity contribution in [2.45, 2.75) is 33.6 Å². The summed E-state index contributed by atoms with van der Waals surface area (Å²) >= 11 is 0. The Bertz CT molecular complexity index is 242. The van der Waals surface area contributed by atoms with E-state index in [2.05, 4.69) is 36.3 Å². The second-order valence-electron chi connectivity index (χ2n) is 5.09. The Balaban J connectivity index is 0. The molecule has 0 aromatic heterocycles. The molecule has 19 heavy (non-hydrogen) atoms. The minimum Gasteiger partial charge on any atom is -0.354 e. The van der Waals surface area contributed by atoms with E-state index in [0.29, 0.717) is 0 Å². The zero-order valence-corrected chi connectivity index (χ0v) is 14.0. The Hall–Kier alpha value is -0.0300. The van der Waals surface area contributed by atoms with Gasteiger partial charge in [-0.15, -0.1) is 24.8 Å². The number of nitrogens with one attached hydrogen (secondary N) is 2. The van der Waals surface area contributed by atoms with Gasteiger partial charge in [-0.1, -0.05) is 20.8 Å². The van der Waals surface area contributed by atoms with Gasteiger partial charge in [-0.05, 0) is 39.0 Å². The number of carbonyl (C=O) groups excluding carboxylic acids is 1. The number of amides is 1. The van der Waals surface area contributed by atoms with Crippen molar-refractivity contribution in [2.24, 2.45) is 5.41 Å². The number of carbonyl (C=O) groups is 1. The number of piperidine rings is 1. The van der Waals surface area contributed by atoms with Crippen molar-refractivity contribution in [3.8, 4) is 0 Å². The predicted octanol–water partition coefficient (Wildman–Crippen LogP) is 1.68. The van der Waals surface area contributed by atoms with E-state index < -0.39 is 0 Å². The summed E-state index contributed by atoms with van der Waals surface area (Å²) in [5.41, 5.74) is -0.158. The van der Waals surface area contributed by atoms with Crippen molar-refractivity contribution < 1.29 is 4.79 Å². The molecule has 0 aromatic rings. The SMILES string of the molecule is CCN(CC)CCNC(=O)C1(C)CCNCC1.Cl.Cl. The first kappa shape index (κ1) is 21.3. The molecule has 0 radical (unpaired) electrons. The molecule has 0 atom stereocenters. The number of hydrogen-bond acceptors (Lipinski definition) is 3. The van der Waals surface area contributed by atoms with Crippen LogP contribution in [0, 0.1) is 5.41 Å². The highest BCUT2D eigenvalue weighted by atomic mass is 35.5. The van der Waals surface area contributed by atoms with E-state index >= 15 is 0 Å². The van der Waals surface area contributed by atoms with Crippen LogP contribution in [0.1, 0.15) is 33.6 Å². The van der Waals surface area contributed by atoms with Gasteiger partial charge in [0.2, 0.25) is 5.91 Å². The smallest absolute Gasteiger partial charge is 0.226 e. The Morgan fingerprint density at radius 2 is 1.74 bits per heavy atom. The Morgan fingerprint density at radius 1 is 1.21 bits per heavy atom. The number of hydrogen-bond donors (Lipinski definition) is 2. The van der Waals surface area contributed by atoms with Gasteiger partial charge in [0.05, 0.1) is 0 Å². The molecule has 0 spiro atoms.